The third-order valence-electron chi connectivity index (χ3n) is 3.51. The van der Waals surface area contributed by atoms with Crippen molar-refractivity contribution in [1.82, 2.24) is 15.3 Å². The highest BCUT2D eigenvalue weighted by Crippen LogP contribution is 2.16. The summed E-state index contributed by atoms with van der Waals surface area (Å²) in [5.74, 6) is 2.23. The van der Waals surface area contributed by atoms with Gasteiger partial charge in [-0.2, -0.15) is 0 Å². The highest BCUT2D eigenvalue weighted by Gasteiger charge is 2.13. The Morgan fingerprint density at radius 3 is 2.76 bits per heavy atom. The van der Waals surface area contributed by atoms with Crippen molar-refractivity contribution in [3.05, 3.63) is 23.8 Å². The van der Waals surface area contributed by atoms with Crippen LogP contribution in [0.5, 0.6) is 0 Å². The number of nitrogens with zero attached hydrogens (tertiary/aromatic N) is 2. The summed E-state index contributed by atoms with van der Waals surface area (Å²) in [4.78, 5) is 8.97. The summed E-state index contributed by atoms with van der Waals surface area (Å²) < 4.78 is 0. The smallest absolute Gasteiger partial charge is 0.128 e. The first kappa shape index (κ1) is 12.5. The molecule has 17 heavy (non-hydrogen) atoms. The maximum Gasteiger partial charge on any atom is 0.128 e. The molecule has 0 bridgehead atoms. The van der Waals surface area contributed by atoms with E-state index in [4.69, 9.17) is 0 Å². The Kier molecular flexibility index (Phi) is 4.49. The maximum atomic E-state index is 4.49. The zero-order valence-electron chi connectivity index (χ0n) is 10.9. The SMILES string of the molecule is CC(C)c1cnc(CC2CCCCNC2)nc1. The normalized spacial score (nSPS) is 21.5. The fraction of sp³-hybridized carbons (Fsp3) is 0.714. The maximum absolute atomic E-state index is 4.49. The van der Waals surface area contributed by atoms with E-state index in [2.05, 4.69) is 29.1 Å². The zero-order chi connectivity index (χ0) is 12.1. The number of hydrogen-bond donors (Lipinski definition) is 1. The second-order valence-corrected chi connectivity index (χ2v) is 5.36. The summed E-state index contributed by atoms with van der Waals surface area (Å²) in [7, 11) is 0. The number of aromatic nitrogens is 2. The van der Waals surface area contributed by atoms with Gasteiger partial charge in [0, 0.05) is 18.8 Å². The van der Waals surface area contributed by atoms with Gasteiger partial charge >= 0.3 is 0 Å². The van der Waals surface area contributed by atoms with Crippen molar-refractivity contribution < 1.29 is 0 Å². The third-order valence-corrected chi connectivity index (χ3v) is 3.51. The summed E-state index contributed by atoms with van der Waals surface area (Å²) >= 11 is 0. The van der Waals surface area contributed by atoms with Crippen LogP contribution in [0.15, 0.2) is 12.4 Å². The first-order valence-corrected chi connectivity index (χ1v) is 6.77. The number of hydrogen-bond acceptors (Lipinski definition) is 3. The van der Waals surface area contributed by atoms with Gasteiger partial charge in [-0.25, -0.2) is 9.97 Å². The minimum absolute atomic E-state index is 0.517. The van der Waals surface area contributed by atoms with Crippen LogP contribution in [0.3, 0.4) is 0 Å². The molecular formula is C14H23N3. The Hall–Kier alpha value is -0.960. The van der Waals surface area contributed by atoms with Crippen LogP contribution in [0, 0.1) is 5.92 Å². The van der Waals surface area contributed by atoms with Crippen molar-refractivity contribution in [2.75, 3.05) is 13.1 Å². The molecule has 2 rings (SSSR count). The van der Waals surface area contributed by atoms with Crippen molar-refractivity contribution in [2.45, 2.75) is 45.4 Å². The molecule has 0 spiro atoms. The van der Waals surface area contributed by atoms with Crippen LogP contribution >= 0.6 is 0 Å². The van der Waals surface area contributed by atoms with E-state index in [1.165, 1.54) is 31.4 Å². The van der Waals surface area contributed by atoms with Gasteiger partial charge in [-0.1, -0.05) is 20.3 Å². The van der Waals surface area contributed by atoms with Crippen LogP contribution in [-0.4, -0.2) is 23.1 Å². The van der Waals surface area contributed by atoms with Crippen molar-refractivity contribution in [1.29, 1.82) is 0 Å². The molecule has 3 heteroatoms. The topological polar surface area (TPSA) is 37.8 Å². The van der Waals surface area contributed by atoms with Gasteiger partial charge in [0.25, 0.3) is 0 Å². The molecule has 1 aromatic rings. The second-order valence-electron chi connectivity index (χ2n) is 5.36. The molecule has 1 aromatic heterocycles. The molecule has 1 atom stereocenters. The second kappa shape index (κ2) is 6.10. The van der Waals surface area contributed by atoms with Gasteiger partial charge in [-0.05, 0) is 43.3 Å². The van der Waals surface area contributed by atoms with E-state index < -0.39 is 0 Å². The van der Waals surface area contributed by atoms with E-state index in [0.29, 0.717) is 11.8 Å². The standard InChI is InChI=1S/C14H23N3/c1-11(2)13-9-16-14(17-10-13)7-12-5-3-4-6-15-8-12/h9-12,15H,3-8H2,1-2H3. The van der Waals surface area contributed by atoms with Gasteiger partial charge < -0.3 is 5.32 Å². The van der Waals surface area contributed by atoms with Gasteiger partial charge in [0.15, 0.2) is 0 Å². The minimum Gasteiger partial charge on any atom is -0.316 e. The van der Waals surface area contributed by atoms with Crippen LogP contribution in [0.2, 0.25) is 0 Å². The molecule has 0 aromatic carbocycles. The van der Waals surface area contributed by atoms with E-state index in [1.807, 2.05) is 12.4 Å². The lowest BCUT2D eigenvalue weighted by Gasteiger charge is -2.13. The predicted octanol–water partition coefficient (Wildman–Crippen LogP) is 2.53. The molecule has 1 fully saturated rings. The molecule has 1 unspecified atom stereocenters. The molecule has 0 radical (unpaired) electrons. The summed E-state index contributed by atoms with van der Waals surface area (Å²) in [6, 6.07) is 0. The van der Waals surface area contributed by atoms with Gasteiger partial charge in [-0.3, -0.25) is 0 Å². The lowest BCUT2D eigenvalue weighted by Crippen LogP contribution is -2.22. The Balaban J connectivity index is 1.93. The monoisotopic (exact) mass is 233 g/mol. The largest absolute Gasteiger partial charge is 0.316 e. The molecule has 0 saturated carbocycles. The minimum atomic E-state index is 0.517. The Labute approximate surface area is 104 Å². The molecule has 0 amide bonds. The van der Waals surface area contributed by atoms with Crippen LogP contribution < -0.4 is 5.32 Å². The molecule has 94 valence electrons. The zero-order valence-corrected chi connectivity index (χ0v) is 10.9. The molecule has 2 heterocycles. The lowest BCUT2D eigenvalue weighted by molar-refractivity contribution is 0.466. The molecule has 1 N–H and O–H groups in total. The predicted molar refractivity (Wildman–Crippen MR) is 70.0 cm³/mol. The van der Waals surface area contributed by atoms with E-state index >= 15 is 0 Å². The lowest BCUT2D eigenvalue weighted by atomic mass is 9.99. The van der Waals surface area contributed by atoms with Crippen molar-refractivity contribution in [3.63, 3.8) is 0 Å². The summed E-state index contributed by atoms with van der Waals surface area (Å²) in [6.45, 7) is 6.64. The highest BCUT2D eigenvalue weighted by molar-refractivity contribution is 5.09. The number of rotatable bonds is 3. The van der Waals surface area contributed by atoms with Crippen molar-refractivity contribution >= 4 is 0 Å². The van der Waals surface area contributed by atoms with Gasteiger partial charge in [0.2, 0.25) is 0 Å². The van der Waals surface area contributed by atoms with Crippen LogP contribution in [0.4, 0.5) is 0 Å². The first-order chi connectivity index (χ1) is 8.25. The Morgan fingerprint density at radius 1 is 1.29 bits per heavy atom. The molecule has 1 saturated heterocycles. The van der Waals surface area contributed by atoms with E-state index in [1.54, 1.807) is 0 Å². The first-order valence-electron chi connectivity index (χ1n) is 6.77. The molecule has 1 aliphatic heterocycles. The molecule has 3 nitrogen and oxygen atoms in total. The summed E-state index contributed by atoms with van der Waals surface area (Å²) in [6.07, 6.45) is 8.94. The van der Waals surface area contributed by atoms with Crippen molar-refractivity contribution in [3.8, 4) is 0 Å². The van der Waals surface area contributed by atoms with E-state index in [-0.39, 0.29) is 0 Å². The average molecular weight is 233 g/mol. The quantitative estimate of drug-likeness (QED) is 0.871. The van der Waals surface area contributed by atoms with Gasteiger partial charge in [-0.15, -0.1) is 0 Å². The third kappa shape index (κ3) is 3.77. The average Bonchev–Trinajstić information content (AvgIpc) is 2.58. The summed E-state index contributed by atoms with van der Waals surface area (Å²) in [5, 5.41) is 3.49. The fourth-order valence-corrected chi connectivity index (χ4v) is 2.29. The van der Waals surface area contributed by atoms with Gasteiger partial charge in [0.1, 0.15) is 5.82 Å². The van der Waals surface area contributed by atoms with Crippen LogP contribution in [-0.2, 0) is 6.42 Å². The van der Waals surface area contributed by atoms with Crippen LogP contribution in [0.25, 0.3) is 0 Å². The van der Waals surface area contributed by atoms with Gasteiger partial charge in [0.05, 0.1) is 0 Å². The van der Waals surface area contributed by atoms with E-state index in [0.717, 1.165) is 18.8 Å². The Morgan fingerprint density at radius 2 is 2.06 bits per heavy atom. The van der Waals surface area contributed by atoms with Crippen molar-refractivity contribution in [2.24, 2.45) is 5.92 Å². The molecule has 0 aliphatic carbocycles. The fourth-order valence-electron chi connectivity index (χ4n) is 2.29. The van der Waals surface area contributed by atoms with E-state index in [9.17, 15) is 0 Å². The number of nitrogens with one attached hydrogen (secondary N) is 1. The Bertz CT molecular complexity index is 324. The molecule has 1 aliphatic rings. The highest BCUT2D eigenvalue weighted by atomic mass is 14.9. The molecular weight excluding hydrogens is 210 g/mol. The van der Waals surface area contributed by atoms with Crippen LogP contribution in [0.1, 0.15) is 50.4 Å². The summed E-state index contributed by atoms with van der Waals surface area (Å²) in [5.41, 5.74) is 1.23.